The van der Waals surface area contributed by atoms with Crippen LogP contribution in [0.25, 0.3) is 0 Å². The van der Waals surface area contributed by atoms with Crippen molar-refractivity contribution in [3.05, 3.63) is 0 Å². The number of hydrogen-bond acceptors (Lipinski definition) is 3. The van der Waals surface area contributed by atoms with E-state index < -0.39 is 17.5 Å². The lowest BCUT2D eigenvalue weighted by Crippen LogP contribution is -2.56. The third-order valence-electron chi connectivity index (χ3n) is 3.16. The van der Waals surface area contributed by atoms with E-state index in [2.05, 4.69) is 10.6 Å². The van der Waals surface area contributed by atoms with E-state index in [1.54, 1.807) is 6.92 Å². The zero-order chi connectivity index (χ0) is 13.8. The summed E-state index contributed by atoms with van der Waals surface area (Å²) in [4.78, 5) is 35.6. The molecular weight excluding hydrogens is 238 g/mol. The fraction of sp³-hybridized carbons (Fsp3) is 0.727. The molecule has 1 rings (SSSR count). The smallest absolute Gasteiger partial charge is 0.329 e. The van der Waals surface area contributed by atoms with E-state index in [4.69, 9.17) is 5.11 Å². The quantitative estimate of drug-likeness (QED) is 0.650. The highest BCUT2D eigenvalue weighted by Crippen LogP contribution is 2.10. The van der Waals surface area contributed by atoms with Crippen molar-refractivity contribution >= 4 is 17.9 Å². The van der Waals surface area contributed by atoms with Crippen LogP contribution >= 0.6 is 0 Å². The van der Waals surface area contributed by atoms with E-state index in [0.717, 1.165) is 0 Å². The molecular formula is C11H19N3O4. The van der Waals surface area contributed by atoms with Crippen LogP contribution in [0.3, 0.4) is 0 Å². The van der Waals surface area contributed by atoms with Crippen molar-refractivity contribution in [3.63, 3.8) is 0 Å². The average molecular weight is 257 g/mol. The van der Waals surface area contributed by atoms with Crippen LogP contribution in [-0.4, -0.2) is 53.1 Å². The first kappa shape index (κ1) is 14.3. The van der Waals surface area contributed by atoms with E-state index in [1.807, 2.05) is 0 Å². The molecule has 0 aromatic carbocycles. The number of carboxylic acid groups (broad SMARTS) is 1. The van der Waals surface area contributed by atoms with Crippen LogP contribution in [-0.2, 0) is 9.59 Å². The molecule has 1 heterocycles. The maximum absolute atomic E-state index is 11.9. The number of amides is 3. The molecule has 1 fully saturated rings. The fourth-order valence-corrected chi connectivity index (χ4v) is 1.58. The van der Waals surface area contributed by atoms with Crippen LogP contribution in [0, 0.1) is 0 Å². The summed E-state index contributed by atoms with van der Waals surface area (Å²) < 4.78 is 0. The van der Waals surface area contributed by atoms with Gasteiger partial charge in [0.2, 0.25) is 5.91 Å². The molecule has 0 saturated carbocycles. The van der Waals surface area contributed by atoms with Crippen molar-refractivity contribution in [1.82, 2.24) is 15.5 Å². The lowest BCUT2D eigenvalue weighted by atomic mass is 10.00. The highest BCUT2D eigenvalue weighted by Gasteiger charge is 2.34. The van der Waals surface area contributed by atoms with Gasteiger partial charge in [0.05, 0.1) is 0 Å². The summed E-state index contributed by atoms with van der Waals surface area (Å²) in [7, 11) is 0. The Bertz CT molecular complexity index is 358. The average Bonchev–Trinajstić information content (AvgIpc) is 2.53. The molecule has 7 nitrogen and oxygen atoms in total. The number of hydrogen-bond donors (Lipinski definition) is 3. The van der Waals surface area contributed by atoms with Gasteiger partial charge in [0.15, 0.2) is 0 Å². The first-order chi connectivity index (χ1) is 8.39. The predicted octanol–water partition coefficient (Wildman–Crippen LogP) is -0.229. The maximum Gasteiger partial charge on any atom is 0.329 e. The third-order valence-corrected chi connectivity index (χ3v) is 3.16. The van der Waals surface area contributed by atoms with Gasteiger partial charge in [-0.1, -0.05) is 6.92 Å². The minimum Gasteiger partial charge on any atom is -0.480 e. The molecule has 3 amide bonds. The monoisotopic (exact) mass is 257 g/mol. The van der Waals surface area contributed by atoms with Gasteiger partial charge in [-0.2, -0.15) is 0 Å². The number of rotatable bonds is 3. The summed E-state index contributed by atoms with van der Waals surface area (Å²) >= 11 is 0. The second kappa shape index (κ2) is 5.70. The normalized spacial score (nSPS) is 19.4. The van der Waals surface area contributed by atoms with E-state index in [-0.39, 0.29) is 12.3 Å². The molecule has 1 atom stereocenters. The predicted molar refractivity (Wildman–Crippen MR) is 64.1 cm³/mol. The van der Waals surface area contributed by atoms with Crippen LogP contribution in [0.15, 0.2) is 0 Å². The van der Waals surface area contributed by atoms with Crippen LogP contribution in [0.2, 0.25) is 0 Å². The fourth-order valence-electron chi connectivity index (χ4n) is 1.58. The van der Waals surface area contributed by atoms with E-state index in [1.165, 1.54) is 11.8 Å². The second-order valence-corrected chi connectivity index (χ2v) is 4.51. The summed E-state index contributed by atoms with van der Waals surface area (Å²) in [5, 5.41) is 14.2. The summed E-state index contributed by atoms with van der Waals surface area (Å²) in [5.74, 6) is -1.16. The van der Waals surface area contributed by atoms with Gasteiger partial charge in [-0.3, -0.25) is 4.79 Å². The molecule has 18 heavy (non-hydrogen) atoms. The van der Waals surface area contributed by atoms with Crippen LogP contribution in [0.4, 0.5) is 4.79 Å². The van der Waals surface area contributed by atoms with Gasteiger partial charge in [0.25, 0.3) is 0 Å². The summed E-state index contributed by atoms with van der Waals surface area (Å²) in [6.45, 7) is 4.24. The minimum atomic E-state index is -1.28. The number of aliphatic carboxylic acids is 1. The number of nitrogens with one attached hydrogen (secondary N) is 2. The Balaban J connectivity index is 2.64. The van der Waals surface area contributed by atoms with Gasteiger partial charge >= 0.3 is 12.0 Å². The van der Waals surface area contributed by atoms with E-state index >= 15 is 0 Å². The molecule has 3 N–H and O–H groups in total. The Hall–Kier alpha value is -1.79. The van der Waals surface area contributed by atoms with E-state index in [0.29, 0.717) is 26.1 Å². The molecule has 1 aliphatic rings. The minimum absolute atomic E-state index is 0.0956. The van der Waals surface area contributed by atoms with Gasteiger partial charge in [-0.05, 0) is 13.3 Å². The summed E-state index contributed by atoms with van der Waals surface area (Å²) in [6, 6.07) is -0.446. The summed E-state index contributed by atoms with van der Waals surface area (Å²) in [6.07, 6.45) is 0.530. The molecule has 0 aromatic rings. The Morgan fingerprint density at radius 2 is 2.17 bits per heavy atom. The third kappa shape index (κ3) is 3.35. The lowest BCUT2D eigenvalue weighted by molar-refractivity contribution is -0.143. The molecule has 1 aliphatic heterocycles. The molecule has 0 spiro atoms. The highest BCUT2D eigenvalue weighted by atomic mass is 16.4. The molecule has 0 aliphatic carbocycles. The molecule has 1 unspecified atom stereocenters. The zero-order valence-electron chi connectivity index (χ0n) is 10.7. The Morgan fingerprint density at radius 1 is 1.50 bits per heavy atom. The molecule has 0 aromatic heterocycles. The molecule has 7 heteroatoms. The Labute approximate surface area is 106 Å². The first-order valence-electron chi connectivity index (χ1n) is 5.96. The molecule has 0 bridgehead atoms. The lowest BCUT2D eigenvalue weighted by Gasteiger charge is -2.29. The first-order valence-corrected chi connectivity index (χ1v) is 5.96. The number of carbonyl (C=O) groups is 3. The van der Waals surface area contributed by atoms with Crippen LogP contribution in [0.5, 0.6) is 0 Å². The maximum atomic E-state index is 11.9. The van der Waals surface area contributed by atoms with Gasteiger partial charge in [-0.15, -0.1) is 0 Å². The van der Waals surface area contributed by atoms with Crippen LogP contribution in [0.1, 0.15) is 26.7 Å². The zero-order valence-corrected chi connectivity index (χ0v) is 10.7. The highest BCUT2D eigenvalue weighted by molar-refractivity contribution is 5.86. The van der Waals surface area contributed by atoms with Gasteiger partial charge in [-0.25, -0.2) is 9.59 Å². The van der Waals surface area contributed by atoms with Crippen molar-refractivity contribution in [3.8, 4) is 0 Å². The second-order valence-electron chi connectivity index (χ2n) is 4.51. The van der Waals surface area contributed by atoms with Crippen molar-refractivity contribution in [2.45, 2.75) is 32.2 Å². The number of urea groups is 1. The standard InChI is InChI=1S/C11H19N3O4/c1-3-11(2,9(16)17)13-10(18)14-6-4-8(15)12-5-7-14/h3-7H2,1-2H3,(H,12,15)(H,13,18)(H,16,17). The topological polar surface area (TPSA) is 98.7 Å². The van der Waals surface area contributed by atoms with Gasteiger partial charge in [0, 0.05) is 26.1 Å². The van der Waals surface area contributed by atoms with E-state index in [9.17, 15) is 14.4 Å². The van der Waals surface area contributed by atoms with Crippen molar-refractivity contribution in [2.24, 2.45) is 0 Å². The molecule has 1 saturated heterocycles. The number of nitrogens with zero attached hydrogens (tertiary/aromatic N) is 1. The Kier molecular flexibility index (Phi) is 4.52. The van der Waals surface area contributed by atoms with Crippen molar-refractivity contribution in [1.29, 1.82) is 0 Å². The van der Waals surface area contributed by atoms with Gasteiger partial charge < -0.3 is 20.6 Å². The largest absolute Gasteiger partial charge is 0.480 e. The van der Waals surface area contributed by atoms with Crippen molar-refractivity contribution < 1.29 is 19.5 Å². The van der Waals surface area contributed by atoms with Crippen molar-refractivity contribution in [2.75, 3.05) is 19.6 Å². The summed E-state index contributed by atoms with van der Waals surface area (Å²) in [5.41, 5.74) is -1.28. The molecule has 0 radical (unpaired) electrons. The van der Waals surface area contributed by atoms with Gasteiger partial charge in [0.1, 0.15) is 5.54 Å². The number of carboxylic acids is 1. The Morgan fingerprint density at radius 3 is 2.72 bits per heavy atom. The van der Waals surface area contributed by atoms with Crippen LogP contribution < -0.4 is 10.6 Å². The number of carbonyl (C=O) groups excluding carboxylic acids is 2. The SMILES string of the molecule is CCC(C)(NC(=O)N1CCNC(=O)CC1)C(=O)O. The molecule has 102 valence electrons.